The number of rotatable bonds is 5. The number of nitrogens with zero attached hydrogens (tertiary/aromatic N) is 1. The quantitative estimate of drug-likeness (QED) is 0.609. The smallest absolute Gasteiger partial charge is 0.247 e. The number of hydrogen-bond donors (Lipinski definition) is 1. The van der Waals surface area contributed by atoms with Gasteiger partial charge in [0.15, 0.2) is 0 Å². The van der Waals surface area contributed by atoms with Crippen molar-refractivity contribution in [2.24, 2.45) is 5.92 Å². The van der Waals surface area contributed by atoms with Gasteiger partial charge in [0.25, 0.3) is 0 Å². The Balaban J connectivity index is 1.86. The molecule has 1 aliphatic heterocycles. The third-order valence-corrected chi connectivity index (χ3v) is 4.25. The summed E-state index contributed by atoms with van der Waals surface area (Å²) in [4.78, 5) is 25.6. The van der Waals surface area contributed by atoms with E-state index in [0.717, 1.165) is 25.8 Å². The monoisotopic (exact) mass is 264 g/mol. The Morgan fingerprint density at radius 2 is 2.21 bits per heavy atom. The number of hydrogen-bond acceptors (Lipinski definition) is 3. The molecule has 1 N–H and O–H groups in total. The van der Waals surface area contributed by atoms with E-state index in [4.69, 9.17) is 0 Å². The third-order valence-electron chi connectivity index (χ3n) is 4.25. The first-order valence-electron chi connectivity index (χ1n) is 7.37. The molecular weight excluding hydrogens is 240 g/mol. The number of carbonyl (C=O) groups excluding carboxylic acids is 2. The molecule has 0 saturated carbocycles. The van der Waals surface area contributed by atoms with Crippen molar-refractivity contribution in [3.63, 3.8) is 0 Å². The maximum Gasteiger partial charge on any atom is 0.247 e. The average molecular weight is 264 g/mol. The van der Waals surface area contributed by atoms with Crippen LogP contribution in [0.1, 0.15) is 46.0 Å². The van der Waals surface area contributed by atoms with Gasteiger partial charge < -0.3 is 5.32 Å². The summed E-state index contributed by atoms with van der Waals surface area (Å²) in [5.74, 6) is 0.539. The van der Waals surface area contributed by atoms with Crippen LogP contribution in [0.15, 0.2) is 12.2 Å². The van der Waals surface area contributed by atoms with Crippen LogP contribution in [0.3, 0.4) is 0 Å². The van der Waals surface area contributed by atoms with Crippen LogP contribution in [-0.4, -0.2) is 35.3 Å². The van der Waals surface area contributed by atoms with E-state index in [2.05, 4.69) is 17.5 Å². The zero-order chi connectivity index (χ0) is 13.8. The fourth-order valence-corrected chi connectivity index (χ4v) is 2.81. The summed E-state index contributed by atoms with van der Waals surface area (Å²) in [6.07, 6.45) is 8.95. The molecule has 106 valence electrons. The fourth-order valence-electron chi connectivity index (χ4n) is 2.81. The van der Waals surface area contributed by atoms with E-state index < -0.39 is 0 Å². The Bertz CT molecular complexity index is 378. The Labute approximate surface area is 115 Å². The molecule has 2 aliphatic rings. The van der Waals surface area contributed by atoms with E-state index in [1.54, 1.807) is 0 Å². The highest BCUT2D eigenvalue weighted by atomic mass is 16.2. The summed E-state index contributed by atoms with van der Waals surface area (Å²) in [5, 5.41) is 3.29. The molecule has 19 heavy (non-hydrogen) atoms. The lowest BCUT2D eigenvalue weighted by Gasteiger charge is -2.23. The average Bonchev–Trinajstić information content (AvgIpc) is 2.71. The van der Waals surface area contributed by atoms with Crippen LogP contribution in [0.4, 0.5) is 0 Å². The van der Waals surface area contributed by atoms with Gasteiger partial charge in [-0.05, 0) is 45.1 Å². The van der Waals surface area contributed by atoms with E-state index in [1.165, 1.54) is 11.3 Å². The lowest BCUT2D eigenvalue weighted by atomic mass is 9.94. The van der Waals surface area contributed by atoms with Crippen molar-refractivity contribution in [3.8, 4) is 0 Å². The Hall–Kier alpha value is -1.16. The molecular formula is C15H24N2O2. The molecule has 0 bridgehead atoms. The van der Waals surface area contributed by atoms with Gasteiger partial charge in [-0.25, -0.2) is 0 Å². The number of imide groups is 1. The number of nitrogens with one attached hydrogen (secondary N) is 1. The van der Waals surface area contributed by atoms with Gasteiger partial charge in [0, 0.05) is 6.04 Å². The van der Waals surface area contributed by atoms with Crippen molar-refractivity contribution < 1.29 is 9.59 Å². The maximum atomic E-state index is 12.2. The molecule has 3 atom stereocenters. The molecule has 1 aliphatic carbocycles. The maximum absolute atomic E-state index is 12.2. The summed E-state index contributed by atoms with van der Waals surface area (Å²) in [6, 6.07) is -0.281. The SMILES string of the molecule is CCC(C)N1C(=O)CC(NCC2CC=CCC2)C1=O. The van der Waals surface area contributed by atoms with Gasteiger partial charge in [-0.1, -0.05) is 19.1 Å². The van der Waals surface area contributed by atoms with Gasteiger partial charge in [0.2, 0.25) is 11.8 Å². The van der Waals surface area contributed by atoms with Crippen molar-refractivity contribution in [1.29, 1.82) is 0 Å². The highest BCUT2D eigenvalue weighted by molar-refractivity contribution is 6.05. The van der Waals surface area contributed by atoms with Gasteiger partial charge in [0.05, 0.1) is 12.5 Å². The van der Waals surface area contributed by atoms with E-state index >= 15 is 0 Å². The molecule has 0 spiro atoms. The minimum atomic E-state index is -0.299. The molecule has 4 heteroatoms. The van der Waals surface area contributed by atoms with Gasteiger partial charge in [-0.3, -0.25) is 14.5 Å². The highest BCUT2D eigenvalue weighted by Gasteiger charge is 2.40. The van der Waals surface area contributed by atoms with Crippen molar-refractivity contribution in [1.82, 2.24) is 10.2 Å². The number of carbonyl (C=O) groups is 2. The molecule has 0 aromatic heterocycles. The minimum Gasteiger partial charge on any atom is -0.305 e. The first-order chi connectivity index (χ1) is 9.13. The molecule has 4 nitrogen and oxygen atoms in total. The van der Waals surface area contributed by atoms with Crippen LogP contribution in [-0.2, 0) is 9.59 Å². The summed E-state index contributed by atoms with van der Waals surface area (Å²) in [5.41, 5.74) is 0. The van der Waals surface area contributed by atoms with Crippen molar-refractivity contribution in [2.75, 3.05) is 6.54 Å². The van der Waals surface area contributed by atoms with Crippen LogP contribution in [0, 0.1) is 5.92 Å². The largest absolute Gasteiger partial charge is 0.305 e. The van der Waals surface area contributed by atoms with E-state index in [0.29, 0.717) is 12.3 Å². The van der Waals surface area contributed by atoms with Crippen LogP contribution < -0.4 is 5.32 Å². The molecule has 3 unspecified atom stereocenters. The number of amides is 2. The Morgan fingerprint density at radius 1 is 1.42 bits per heavy atom. The molecule has 1 saturated heterocycles. The highest BCUT2D eigenvalue weighted by Crippen LogP contribution is 2.20. The summed E-state index contributed by atoms with van der Waals surface area (Å²) in [6.45, 7) is 4.77. The lowest BCUT2D eigenvalue weighted by Crippen LogP contribution is -2.43. The zero-order valence-corrected chi connectivity index (χ0v) is 11.9. The minimum absolute atomic E-state index is 0.0180. The number of allylic oxidation sites excluding steroid dienone is 2. The zero-order valence-electron chi connectivity index (χ0n) is 11.9. The summed E-state index contributed by atoms with van der Waals surface area (Å²) in [7, 11) is 0. The van der Waals surface area contributed by atoms with Gasteiger partial charge in [-0.2, -0.15) is 0 Å². The van der Waals surface area contributed by atoms with E-state index in [1.807, 2.05) is 13.8 Å². The molecule has 0 aromatic carbocycles. The van der Waals surface area contributed by atoms with Crippen LogP contribution in [0.2, 0.25) is 0 Å². The third kappa shape index (κ3) is 3.24. The molecule has 0 aromatic rings. The standard InChI is InChI=1S/C15H24N2O2/c1-3-11(2)17-14(18)9-13(15(17)19)16-10-12-7-5-4-6-8-12/h4-5,11-13,16H,3,6-10H2,1-2H3. The van der Waals surface area contributed by atoms with Gasteiger partial charge in [0.1, 0.15) is 0 Å². The molecule has 1 fully saturated rings. The van der Waals surface area contributed by atoms with E-state index in [9.17, 15) is 9.59 Å². The number of likely N-dealkylation sites (tertiary alicyclic amines) is 1. The first-order valence-corrected chi connectivity index (χ1v) is 7.37. The van der Waals surface area contributed by atoms with Crippen molar-refractivity contribution in [3.05, 3.63) is 12.2 Å². The van der Waals surface area contributed by atoms with Gasteiger partial charge >= 0.3 is 0 Å². The topological polar surface area (TPSA) is 49.4 Å². The summed E-state index contributed by atoms with van der Waals surface area (Å²) < 4.78 is 0. The second kappa shape index (κ2) is 6.33. The van der Waals surface area contributed by atoms with Crippen molar-refractivity contribution in [2.45, 2.75) is 58.0 Å². The molecule has 2 amide bonds. The Kier molecular flexibility index (Phi) is 4.75. The second-order valence-electron chi connectivity index (χ2n) is 5.67. The molecule has 1 heterocycles. The predicted octanol–water partition coefficient (Wildman–Crippen LogP) is 1.86. The van der Waals surface area contributed by atoms with Crippen molar-refractivity contribution >= 4 is 11.8 Å². The van der Waals surface area contributed by atoms with E-state index in [-0.39, 0.29) is 23.9 Å². The lowest BCUT2D eigenvalue weighted by molar-refractivity contribution is -0.141. The normalized spacial score (nSPS) is 29.1. The predicted molar refractivity (Wildman–Crippen MR) is 74.5 cm³/mol. The fraction of sp³-hybridized carbons (Fsp3) is 0.733. The molecule has 0 radical (unpaired) electrons. The van der Waals surface area contributed by atoms with Gasteiger partial charge in [-0.15, -0.1) is 0 Å². The first kappa shape index (κ1) is 14.3. The second-order valence-corrected chi connectivity index (χ2v) is 5.67. The van der Waals surface area contributed by atoms with Crippen LogP contribution in [0.5, 0.6) is 0 Å². The van der Waals surface area contributed by atoms with Crippen LogP contribution >= 0.6 is 0 Å². The summed E-state index contributed by atoms with van der Waals surface area (Å²) >= 11 is 0. The van der Waals surface area contributed by atoms with Crippen LogP contribution in [0.25, 0.3) is 0 Å². The Morgan fingerprint density at radius 3 is 2.84 bits per heavy atom. The molecule has 2 rings (SSSR count).